The van der Waals surface area contributed by atoms with Crippen LogP contribution in [-0.4, -0.2) is 18.4 Å². The topological polar surface area (TPSA) is 55.4 Å². The van der Waals surface area contributed by atoms with Crippen LogP contribution in [0.3, 0.4) is 0 Å². The predicted octanol–water partition coefficient (Wildman–Crippen LogP) is 0.510. The Morgan fingerprint density at radius 3 is 3.15 bits per heavy atom. The van der Waals surface area contributed by atoms with Crippen molar-refractivity contribution in [2.75, 3.05) is 6.61 Å². The minimum absolute atomic E-state index is 0.0995. The molecule has 0 amide bonds. The third-order valence-electron chi connectivity index (χ3n) is 1.53. The van der Waals surface area contributed by atoms with Gasteiger partial charge in [0.25, 0.3) is 0 Å². The van der Waals surface area contributed by atoms with Gasteiger partial charge in [0.2, 0.25) is 0 Å². The van der Waals surface area contributed by atoms with E-state index in [1.54, 1.807) is 6.92 Å². The zero-order valence-electron chi connectivity index (χ0n) is 7.37. The maximum atomic E-state index is 11.2. The first kappa shape index (κ1) is 9.51. The molecule has 1 heterocycles. The van der Waals surface area contributed by atoms with Crippen molar-refractivity contribution in [3.05, 3.63) is 24.0 Å². The van der Waals surface area contributed by atoms with Crippen LogP contribution in [-0.2, 0) is 14.3 Å². The number of carbonyl (C=O) groups excluding carboxylic acids is 2. The molecule has 4 nitrogen and oxygen atoms in total. The molecule has 0 aromatic rings. The highest BCUT2D eigenvalue weighted by atomic mass is 16.5. The average molecular weight is 181 g/mol. The van der Waals surface area contributed by atoms with Crippen molar-refractivity contribution in [2.24, 2.45) is 0 Å². The fourth-order valence-corrected chi connectivity index (χ4v) is 0.942. The number of nitrogens with one attached hydrogen (secondary N) is 1. The van der Waals surface area contributed by atoms with Crippen LogP contribution in [0.15, 0.2) is 24.0 Å². The lowest BCUT2D eigenvalue weighted by molar-refractivity contribution is -0.139. The quantitative estimate of drug-likeness (QED) is 0.630. The molecule has 0 saturated heterocycles. The molecular weight excluding hydrogens is 170 g/mol. The van der Waals surface area contributed by atoms with Gasteiger partial charge < -0.3 is 10.1 Å². The zero-order chi connectivity index (χ0) is 9.68. The Labute approximate surface area is 76.3 Å². The first-order valence-electron chi connectivity index (χ1n) is 4.05. The van der Waals surface area contributed by atoms with Gasteiger partial charge in [-0.2, -0.15) is 0 Å². The molecule has 0 aromatic heterocycles. The van der Waals surface area contributed by atoms with E-state index in [-0.39, 0.29) is 12.2 Å². The molecular formula is C9H11NO3. The first-order chi connectivity index (χ1) is 6.24. The predicted molar refractivity (Wildman–Crippen MR) is 46.6 cm³/mol. The summed E-state index contributed by atoms with van der Waals surface area (Å²) in [4.78, 5) is 22.2. The van der Waals surface area contributed by atoms with Crippen molar-refractivity contribution in [3.63, 3.8) is 0 Å². The largest absolute Gasteiger partial charge is 0.463 e. The number of carbonyl (C=O) groups is 2. The molecule has 0 aliphatic carbocycles. The molecule has 0 aromatic carbocycles. The van der Waals surface area contributed by atoms with Crippen LogP contribution in [0.5, 0.6) is 0 Å². The summed E-state index contributed by atoms with van der Waals surface area (Å²) in [6.07, 6.45) is 4.47. The number of esters is 1. The lowest BCUT2D eigenvalue weighted by Crippen LogP contribution is -2.11. The van der Waals surface area contributed by atoms with Gasteiger partial charge in [0, 0.05) is 18.8 Å². The Hall–Kier alpha value is -1.58. The maximum Gasteiger partial charge on any atom is 0.335 e. The molecule has 0 saturated carbocycles. The smallest absolute Gasteiger partial charge is 0.335 e. The standard InChI is InChI=1S/C9H11NO3/c1-2-13-9(12)7-5-8(11)3-4-10-6-7/h3-4,6,10H,2,5H2,1H3. The molecule has 1 N–H and O–H groups in total. The van der Waals surface area contributed by atoms with E-state index >= 15 is 0 Å². The number of ether oxygens (including phenoxy) is 1. The fourth-order valence-electron chi connectivity index (χ4n) is 0.942. The van der Waals surface area contributed by atoms with Gasteiger partial charge >= 0.3 is 5.97 Å². The summed E-state index contributed by atoms with van der Waals surface area (Å²) in [5.74, 6) is -0.545. The van der Waals surface area contributed by atoms with Crippen molar-refractivity contribution in [2.45, 2.75) is 13.3 Å². The number of allylic oxidation sites excluding steroid dienone is 1. The van der Waals surface area contributed by atoms with Crippen molar-refractivity contribution in [3.8, 4) is 0 Å². The maximum absolute atomic E-state index is 11.2. The highest BCUT2D eigenvalue weighted by Crippen LogP contribution is 2.06. The molecule has 0 spiro atoms. The van der Waals surface area contributed by atoms with Gasteiger partial charge in [0.1, 0.15) is 0 Å². The number of ketones is 1. The summed E-state index contributed by atoms with van der Waals surface area (Å²) in [7, 11) is 0. The summed E-state index contributed by atoms with van der Waals surface area (Å²) in [5, 5.41) is 2.70. The second-order valence-electron chi connectivity index (χ2n) is 2.53. The van der Waals surface area contributed by atoms with Gasteiger partial charge in [-0.05, 0) is 13.0 Å². The second kappa shape index (κ2) is 4.45. The van der Waals surface area contributed by atoms with E-state index in [2.05, 4.69) is 5.32 Å². The highest BCUT2D eigenvalue weighted by molar-refractivity contribution is 6.00. The van der Waals surface area contributed by atoms with Gasteiger partial charge in [-0.3, -0.25) is 4.79 Å². The molecule has 13 heavy (non-hydrogen) atoms. The number of hydrogen-bond donors (Lipinski definition) is 1. The third-order valence-corrected chi connectivity index (χ3v) is 1.53. The Kier molecular flexibility index (Phi) is 3.25. The summed E-state index contributed by atoms with van der Waals surface area (Å²) >= 11 is 0. The van der Waals surface area contributed by atoms with E-state index in [0.717, 1.165) is 0 Å². The lowest BCUT2D eigenvalue weighted by Gasteiger charge is -2.02. The molecule has 1 aliphatic heterocycles. The molecule has 0 fully saturated rings. The molecule has 0 unspecified atom stereocenters. The van der Waals surface area contributed by atoms with Gasteiger partial charge in [-0.15, -0.1) is 0 Å². The lowest BCUT2D eigenvalue weighted by atomic mass is 10.1. The monoisotopic (exact) mass is 181 g/mol. The van der Waals surface area contributed by atoms with Gasteiger partial charge in [0.15, 0.2) is 5.78 Å². The van der Waals surface area contributed by atoms with Crippen LogP contribution in [0.4, 0.5) is 0 Å². The van der Waals surface area contributed by atoms with Crippen molar-refractivity contribution < 1.29 is 14.3 Å². The van der Waals surface area contributed by atoms with E-state index in [4.69, 9.17) is 4.74 Å². The molecule has 0 atom stereocenters. The molecule has 70 valence electrons. The normalized spacial score (nSPS) is 15.8. The van der Waals surface area contributed by atoms with E-state index in [1.807, 2.05) is 0 Å². The summed E-state index contributed by atoms with van der Waals surface area (Å²) in [5.41, 5.74) is 0.358. The molecule has 0 bridgehead atoms. The zero-order valence-corrected chi connectivity index (χ0v) is 7.37. The number of rotatable bonds is 2. The van der Waals surface area contributed by atoms with E-state index in [0.29, 0.717) is 12.2 Å². The third kappa shape index (κ3) is 2.74. The summed E-state index contributed by atoms with van der Waals surface area (Å²) in [6, 6.07) is 0. The van der Waals surface area contributed by atoms with Gasteiger partial charge in [-0.25, -0.2) is 4.79 Å². The van der Waals surface area contributed by atoms with Crippen LogP contribution >= 0.6 is 0 Å². The Morgan fingerprint density at radius 2 is 2.46 bits per heavy atom. The van der Waals surface area contributed by atoms with Crippen molar-refractivity contribution in [1.29, 1.82) is 0 Å². The Balaban J connectivity index is 2.65. The minimum atomic E-state index is -0.438. The Morgan fingerprint density at radius 1 is 1.69 bits per heavy atom. The first-order valence-corrected chi connectivity index (χ1v) is 4.05. The molecule has 1 aliphatic rings. The van der Waals surface area contributed by atoms with Gasteiger partial charge in [0.05, 0.1) is 12.2 Å². The minimum Gasteiger partial charge on any atom is -0.463 e. The summed E-state index contributed by atoms with van der Waals surface area (Å²) < 4.78 is 4.76. The second-order valence-corrected chi connectivity index (χ2v) is 2.53. The van der Waals surface area contributed by atoms with Crippen LogP contribution in [0.1, 0.15) is 13.3 Å². The molecule has 1 rings (SSSR count). The van der Waals surface area contributed by atoms with Gasteiger partial charge in [-0.1, -0.05) is 0 Å². The van der Waals surface area contributed by atoms with E-state index in [9.17, 15) is 9.59 Å². The van der Waals surface area contributed by atoms with Crippen LogP contribution in [0.2, 0.25) is 0 Å². The SMILES string of the molecule is CCOC(=O)C1=CNC=CC(=O)C1. The summed E-state index contributed by atoms with van der Waals surface area (Å²) in [6.45, 7) is 2.04. The Bertz CT molecular complexity index is 279. The van der Waals surface area contributed by atoms with E-state index in [1.165, 1.54) is 18.5 Å². The highest BCUT2D eigenvalue weighted by Gasteiger charge is 2.14. The molecule has 4 heteroatoms. The van der Waals surface area contributed by atoms with Crippen LogP contribution in [0, 0.1) is 0 Å². The van der Waals surface area contributed by atoms with Crippen LogP contribution < -0.4 is 5.32 Å². The van der Waals surface area contributed by atoms with E-state index < -0.39 is 5.97 Å². The van der Waals surface area contributed by atoms with Crippen molar-refractivity contribution in [1.82, 2.24) is 5.32 Å². The van der Waals surface area contributed by atoms with Crippen LogP contribution in [0.25, 0.3) is 0 Å². The average Bonchev–Trinajstić information content (AvgIpc) is 2.30. The number of hydrogen-bond acceptors (Lipinski definition) is 4. The van der Waals surface area contributed by atoms with Crippen molar-refractivity contribution >= 4 is 11.8 Å². The molecule has 0 radical (unpaired) electrons. The fraction of sp³-hybridized carbons (Fsp3) is 0.333.